The Hall–Kier alpha value is -2.77. The largest absolute Gasteiger partial charge is 0.480 e. The van der Waals surface area contributed by atoms with Gasteiger partial charge < -0.3 is 5.11 Å². The number of nitro benzene ring substituents is 1. The van der Waals surface area contributed by atoms with Crippen molar-refractivity contribution < 1.29 is 19.6 Å². The van der Waals surface area contributed by atoms with Gasteiger partial charge in [0.05, 0.1) is 10.6 Å². The van der Waals surface area contributed by atoms with Gasteiger partial charge in [-0.25, -0.2) is 0 Å². The molecule has 1 aliphatic rings. The van der Waals surface area contributed by atoms with Crippen molar-refractivity contribution in [1.29, 1.82) is 0 Å². The van der Waals surface area contributed by atoms with E-state index in [0.717, 1.165) is 17.3 Å². The maximum Gasteiger partial charge on any atom is 0.321 e. The molecule has 0 aromatic heterocycles. The summed E-state index contributed by atoms with van der Waals surface area (Å²) in [6.45, 7) is 0. The van der Waals surface area contributed by atoms with Crippen LogP contribution in [0.4, 0.5) is 11.4 Å². The zero-order valence-corrected chi connectivity index (χ0v) is 8.89. The molecule has 0 spiro atoms. The van der Waals surface area contributed by atoms with Gasteiger partial charge in [-0.1, -0.05) is 6.07 Å². The molecule has 0 bridgehead atoms. The van der Waals surface area contributed by atoms with Gasteiger partial charge in [-0.3, -0.25) is 19.7 Å². The minimum absolute atomic E-state index is 0.161. The van der Waals surface area contributed by atoms with Crippen LogP contribution in [0.15, 0.2) is 29.4 Å². The molecule has 1 atom stereocenters. The van der Waals surface area contributed by atoms with Crippen molar-refractivity contribution in [3.8, 4) is 0 Å². The number of carboxylic acid groups (broad SMARTS) is 1. The maximum atomic E-state index is 11.7. The fourth-order valence-corrected chi connectivity index (χ4v) is 1.49. The number of carboxylic acids is 1. The number of hydrogen-bond acceptors (Lipinski definition) is 5. The normalized spacial score (nSPS) is 18.1. The first kappa shape index (κ1) is 11.7. The van der Waals surface area contributed by atoms with Gasteiger partial charge in [-0.05, 0) is 6.07 Å². The minimum Gasteiger partial charge on any atom is -0.480 e. The number of benzene rings is 1. The van der Waals surface area contributed by atoms with Crippen LogP contribution in [0.2, 0.25) is 0 Å². The average Bonchev–Trinajstić information content (AvgIpc) is 2.71. The number of amides is 1. The van der Waals surface area contributed by atoms with Crippen molar-refractivity contribution in [3.63, 3.8) is 0 Å². The summed E-state index contributed by atoms with van der Waals surface area (Å²) in [4.78, 5) is 32.4. The summed E-state index contributed by atoms with van der Waals surface area (Å²) >= 11 is 0. The number of aliphatic carboxylic acids is 1. The molecule has 8 nitrogen and oxygen atoms in total. The predicted molar refractivity (Wildman–Crippen MR) is 60.2 cm³/mol. The molecule has 0 aliphatic carbocycles. The van der Waals surface area contributed by atoms with Crippen molar-refractivity contribution >= 4 is 29.5 Å². The van der Waals surface area contributed by atoms with Gasteiger partial charge in [0.1, 0.15) is 0 Å². The van der Waals surface area contributed by atoms with Crippen LogP contribution in [0, 0.1) is 16.0 Å². The van der Waals surface area contributed by atoms with Gasteiger partial charge in [0.25, 0.3) is 11.6 Å². The van der Waals surface area contributed by atoms with Crippen LogP contribution in [0.1, 0.15) is 0 Å². The molecule has 1 amide bonds. The van der Waals surface area contributed by atoms with Crippen LogP contribution < -0.4 is 5.01 Å². The highest BCUT2D eigenvalue weighted by Crippen LogP contribution is 2.25. The molecule has 1 aromatic rings. The number of carbonyl (C=O) groups excluding carboxylic acids is 1. The summed E-state index contributed by atoms with van der Waals surface area (Å²) in [6, 6.07) is 5.25. The second-order valence-electron chi connectivity index (χ2n) is 3.51. The standard InChI is InChI=1S/C10H7N3O5/c14-9-8(10(15)16)5-11-12(9)6-2-1-3-7(4-6)13(17)18/h1-5,8H,(H,15,16). The molecule has 92 valence electrons. The Morgan fingerprint density at radius 3 is 2.78 bits per heavy atom. The number of anilines is 1. The third kappa shape index (κ3) is 1.90. The fourth-order valence-electron chi connectivity index (χ4n) is 1.49. The summed E-state index contributed by atoms with van der Waals surface area (Å²) in [7, 11) is 0. The van der Waals surface area contributed by atoms with E-state index in [1.54, 1.807) is 0 Å². The fraction of sp³-hybridized carbons (Fsp3) is 0.100. The third-order valence-electron chi connectivity index (χ3n) is 2.36. The van der Waals surface area contributed by atoms with Crippen molar-refractivity contribution in [2.45, 2.75) is 0 Å². The lowest BCUT2D eigenvalue weighted by atomic mass is 10.1. The SMILES string of the molecule is O=C(O)C1C=NN(c2cccc([N+](=O)[O-])c2)C1=O. The lowest BCUT2D eigenvalue weighted by molar-refractivity contribution is -0.384. The second-order valence-corrected chi connectivity index (χ2v) is 3.51. The Morgan fingerprint density at radius 1 is 1.50 bits per heavy atom. The minimum atomic E-state index is -1.34. The summed E-state index contributed by atoms with van der Waals surface area (Å²) < 4.78 is 0. The molecule has 0 radical (unpaired) electrons. The Balaban J connectivity index is 2.32. The zero-order chi connectivity index (χ0) is 13.3. The molecule has 2 rings (SSSR count). The molecular formula is C10H7N3O5. The van der Waals surface area contributed by atoms with E-state index < -0.39 is 22.7 Å². The van der Waals surface area contributed by atoms with Gasteiger partial charge in [0.2, 0.25) is 0 Å². The molecule has 0 saturated heterocycles. The number of hydrogen-bond donors (Lipinski definition) is 1. The van der Waals surface area contributed by atoms with E-state index in [1.807, 2.05) is 0 Å². The van der Waals surface area contributed by atoms with Gasteiger partial charge in [0, 0.05) is 18.3 Å². The number of carbonyl (C=O) groups is 2. The van der Waals surface area contributed by atoms with E-state index in [0.29, 0.717) is 0 Å². The molecule has 1 N–H and O–H groups in total. The van der Waals surface area contributed by atoms with Crippen LogP contribution >= 0.6 is 0 Å². The molecule has 18 heavy (non-hydrogen) atoms. The number of non-ortho nitro benzene ring substituents is 1. The quantitative estimate of drug-likeness (QED) is 0.479. The highest BCUT2D eigenvalue weighted by molar-refractivity contribution is 6.19. The van der Waals surface area contributed by atoms with Crippen molar-refractivity contribution in [2.75, 3.05) is 5.01 Å². The maximum absolute atomic E-state index is 11.7. The predicted octanol–water partition coefficient (Wildman–Crippen LogP) is 0.628. The van der Waals surface area contributed by atoms with Gasteiger partial charge in [-0.15, -0.1) is 0 Å². The number of nitro groups is 1. The first-order valence-electron chi connectivity index (χ1n) is 4.86. The second kappa shape index (κ2) is 4.24. The van der Waals surface area contributed by atoms with E-state index in [-0.39, 0.29) is 11.4 Å². The monoisotopic (exact) mass is 249 g/mol. The Bertz CT molecular complexity index is 568. The summed E-state index contributed by atoms with van der Waals surface area (Å²) in [5, 5.41) is 23.8. The molecule has 8 heteroatoms. The third-order valence-corrected chi connectivity index (χ3v) is 2.36. The van der Waals surface area contributed by atoms with Crippen LogP contribution in [-0.2, 0) is 9.59 Å². The van der Waals surface area contributed by atoms with Crippen molar-refractivity contribution in [3.05, 3.63) is 34.4 Å². The number of hydrazone groups is 1. The van der Waals surface area contributed by atoms with E-state index in [9.17, 15) is 19.7 Å². The van der Waals surface area contributed by atoms with E-state index >= 15 is 0 Å². The van der Waals surface area contributed by atoms with E-state index in [2.05, 4.69) is 5.10 Å². The van der Waals surface area contributed by atoms with Crippen LogP contribution in [0.3, 0.4) is 0 Å². The Kier molecular flexibility index (Phi) is 2.76. The summed E-state index contributed by atoms with van der Waals surface area (Å²) in [6.07, 6.45) is 0.990. The molecule has 1 aromatic carbocycles. The van der Waals surface area contributed by atoms with Gasteiger partial charge in [0.15, 0.2) is 5.92 Å². The number of nitrogens with zero attached hydrogens (tertiary/aromatic N) is 3. The average molecular weight is 249 g/mol. The molecular weight excluding hydrogens is 242 g/mol. The molecule has 1 aliphatic heterocycles. The molecule has 1 unspecified atom stereocenters. The van der Waals surface area contributed by atoms with Crippen molar-refractivity contribution in [1.82, 2.24) is 0 Å². The Morgan fingerprint density at radius 2 is 2.22 bits per heavy atom. The lowest BCUT2D eigenvalue weighted by Gasteiger charge is -2.12. The van der Waals surface area contributed by atoms with E-state index in [4.69, 9.17) is 5.11 Å². The molecule has 0 fully saturated rings. The van der Waals surface area contributed by atoms with E-state index in [1.165, 1.54) is 18.2 Å². The lowest BCUT2D eigenvalue weighted by Crippen LogP contribution is -2.30. The molecule has 1 heterocycles. The van der Waals surface area contributed by atoms with Crippen LogP contribution in [0.25, 0.3) is 0 Å². The smallest absolute Gasteiger partial charge is 0.321 e. The highest BCUT2D eigenvalue weighted by Gasteiger charge is 2.35. The van der Waals surface area contributed by atoms with Crippen LogP contribution in [0.5, 0.6) is 0 Å². The van der Waals surface area contributed by atoms with Crippen LogP contribution in [-0.4, -0.2) is 28.1 Å². The number of rotatable bonds is 3. The zero-order valence-electron chi connectivity index (χ0n) is 8.89. The summed E-state index contributed by atoms with van der Waals surface area (Å²) in [5.74, 6) is -3.40. The first-order chi connectivity index (χ1) is 8.50. The highest BCUT2D eigenvalue weighted by atomic mass is 16.6. The van der Waals surface area contributed by atoms with Gasteiger partial charge in [-0.2, -0.15) is 10.1 Å². The summed E-state index contributed by atoms with van der Waals surface area (Å²) in [5.41, 5.74) is -0.0384. The topological polar surface area (TPSA) is 113 Å². The first-order valence-corrected chi connectivity index (χ1v) is 4.86. The Labute approximate surface area is 100 Å². The van der Waals surface area contributed by atoms with Crippen molar-refractivity contribution in [2.24, 2.45) is 11.0 Å². The molecule has 0 saturated carbocycles. The van der Waals surface area contributed by atoms with Gasteiger partial charge >= 0.3 is 5.97 Å².